The highest BCUT2D eigenvalue weighted by molar-refractivity contribution is 5.81. The number of esters is 1. The topological polar surface area (TPSA) is 75.5 Å². The van der Waals surface area contributed by atoms with E-state index in [1.165, 1.54) is 12.8 Å². The van der Waals surface area contributed by atoms with E-state index >= 15 is 0 Å². The standard InChI is InChI=1S/C26H35N3O3/c30-25(26(31,22-9-3-1-4-10-22)23-11-5-2-6-12-23)32-18-13-21(20-29-16-7-8-17-29)24-19-27-14-15-28-24/h1,3-4,9-10,14-15,19,21,23,31H,2,5-8,11-13,16-18,20H2/t21-,26?/m0/s1. The predicted molar refractivity (Wildman–Crippen MR) is 123 cm³/mol. The van der Waals surface area contributed by atoms with Crippen LogP contribution in [-0.4, -0.2) is 52.2 Å². The number of hydrogen-bond acceptors (Lipinski definition) is 6. The first-order valence-corrected chi connectivity index (χ1v) is 12.1. The number of likely N-dealkylation sites (tertiary alicyclic amines) is 1. The number of carbonyl (C=O) groups is 1. The minimum absolute atomic E-state index is 0.105. The molecule has 0 bridgehead atoms. The second kappa shape index (κ2) is 11.0. The van der Waals surface area contributed by atoms with E-state index in [-0.39, 0.29) is 18.4 Å². The van der Waals surface area contributed by atoms with Crippen LogP contribution in [0.3, 0.4) is 0 Å². The quantitative estimate of drug-likeness (QED) is 0.597. The fourth-order valence-electron chi connectivity index (χ4n) is 5.27. The van der Waals surface area contributed by atoms with Gasteiger partial charge in [0.15, 0.2) is 5.60 Å². The van der Waals surface area contributed by atoms with Crippen molar-refractivity contribution in [3.8, 4) is 0 Å². The molecule has 2 heterocycles. The number of aliphatic hydroxyl groups is 1. The first-order chi connectivity index (χ1) is 15.7. The predicted octanol–water partition coefficient (Wildman–Crippen LogP) is 4.06. The summed E-state index contributed by atoms with van der Waals surface area (Å²) in [6, 6.07) is 9.32. The molecule has 4 rings (SSSR count). The summed E-state index contributed by atoms with van der Waals surface area (Å²) >= 11 is 0. The minimum atomic E-state index is -1.58. The fraction of sp³-hybridized carbons (Fsp3) is 0.577. The first-order valence-electron chi connectivity index (χ1n) is 12.1. The molecule has 172 valence electrons. The maximum absolute atomic E-state index is 13.3. The number of nitrogens with zero attached hydrogens (tertiary/aromatic N) is 3. The Morgan fingerprint density at radius 2 is 1.84 bits per heavy atom. The molecule has 1 saturated carbocycles. The lowest BCUT2D eigenvalue weighted by Gasteiger charge is -2.36. The summed E-state index contributed by atoms with van der Waals surface area (Å²) in [5.74, 6) is -0.477. The van der Waals surface area contributed by atoms with Crippen molar-refractivity contribution in [3.63, 3.8) is 0 Å². The van der Waals surface area contributed by atoms with Crippen molar-refractivity contribution < 1.29 is 14.6 Å². The number of ether oxygens (including phenoxy) is 1. The van der Waals surface area contributed by atoms with Crippen LogP contribution < -0.4 is 0 Å². The Bertz CT molecular complexity index is 836. The molecular formula is C26H35N3O3. The van der Waals surface area contributed by atoms with Gasteiger partial charge in [-0.3, -0.25) is 9.97 Å². The van der Waals surface area contributed by atoms with E-state index in [9.17, 15) is 9.90 Å². The van der Waals surface area contributed by atoms with Gasteiger partial charge in [0.1, 0.15) is 0 Å². The molecule has 1 aliphatic heterocycles. The molecule has 6 heteroatoms. The molecule has 32 heavy (non-hydrogen) atoms. The number of carbonyl (C=O) groups excluding carboxylic acids is 1. The van der Waals surface area contributed by atoms with Crippen molar-refractivity contribution >= 4 is 5.97 Å². The van der Waals surface area contributed by atoms with Crippen LogP contribution in [0.1, 0.15) is 68.5 Å². The summed E-state index contributed by atoms with van der Waals surface area (Å²) in [5, 5.41) is 11.7. The Balaban J connectivity index is 1.44. The van der Waals surface area contributed by atoms with Crippen LogP contribution in [0.25, 0.3) is 0 Å². The lowest BCUT2D eigenvalue weighted by Crippen LogP contribution is -2.45. The van der Waals surface area contributed by atoms with E-state index in [1.54, 1.807) is 12.4 Å². The molecule has 1 unspecified atom stereocenters. The molecule has 6 nitrogen and oxygen atoms in total. The minimum Gasteiger partial charge on any atom is -0.463 e. The molecule has 2 atom stereocenters. The lowest BCUT2D eigenvalue weighted by atomic mass is 9.73. The summed E-state index contributed by atoms with van der Waals surface area (Å²) < 4.78 is 5.78. The van der Waals surface area contributed by atoms with Gasteiger partial charge in [0.2, 0.25) is 0 Å². The normalized spacial score (nSPS) is 20.5. The van der Waals surface area contributed by atoms with E-state index in [0.29, 0.717) is 12.0 Å². The van der Waals surface area contributed by atoms with Gasteiger partial charge in [0.25, 0.3) is 0 Å². The molecule has 2 aromatic rings. The van der Waals surface area contributed by atoms with Gasteiger partial charge in [-0.25, -0.2) is 4.79 Å². The summed E-state index contributed by atoms with van der Waals surface area (Å²) in [5.41, 5.74) is -0.0147. The monoisotopic (exact) mass is 437 g/mol. The van der Waals surface area contributed by atoms with Crippen LogP contribution in [0.2, 0.25) is 0 Å². The van der Waals surface area contributed by atoms with Gasteiger partial charge in [-0.05, 0) is 50.8 Å². The Hall–Kier alpha value is -2.31. The van der Waals surface area contributed by atoms with Gasteiger partial charge < -0.3 is 14.7 Å². The van der Waals surface area contributed by atoms with Gasteiger partial charge in [0, 0.05) is 37.0 Å². The van der Waals surface area contributed by atoms with Gasteiger partial charge in [-0.1, -0.05) is 49.6 Å². The summed E-state index contributed by atoms with van der Waals surface area (Å²) in [7, 11) is 0. The largest absolute Gasteiger partial charge is 0.463 e. The Morgan fingerprint density at radius 1 is 1.09 bits per heavy atom. The van der Waals surface area contributed by atoms with E-state index < -0.39 is 11.6 Å². The van der Waals surface area contributed by atoms with E-state index in [1.807, 2.05) is 36.5 Å². The molecule has 0 amide bonds. The molecule has 2 fully saturated rings. The third kappa shape index (κ3) is 5.36. The van der Waals surface area contributed by atoms with Crippen molar-refractivity contribution in [2.75, 3.05) is 26.2 Å². The maximum atomic E-state index is 13.3. The van der Waals surface area contributed by atoms with Crippen LogP contribution in [0.4, 0.5) is 0 Å². The van der Waals surface area contributed by atoms with Crippen molar-refractivity contribution in [3.05, 3.63) is 60.2 Å². The highest BCUT2D eigenvalue weighted by atomic mass is 16.5. The smallest absolute Gasteiger partial charge is 0.343 e. The zero-order valence-corrected chi connectivity index (χ0v) is 18.9. The fourth-order valence-corrected chi connectivity index (χ4v) is 5.27. The van der Waals surface area contributed by atoms with Crippen LogP contribution in [0.5, 0.6) is 0 Å². The molecule has 1 N–H and O–H groups in total. The molecule has 0 radical (unpaired) electrons. The first kappa shape index (κ1) is 22.9. The Morgan fingerprint density at radius 3 is 2.53 bits per heavy atom. The van der Waals surface area contributed by atoms with E-state index in [4.69, 9.17) is 4.74 Å². The SMILES string of the molecule is O=C(OCC[C@@H](CN1CCCC1)c1cnccn1)C(O)(c1ccccc1)C1CCCCC1. The molecular weight excluding hydrogens is 402 g/mol. The van der Waals surface area contributed by atoms with Crippen molar-refractivity contribution in [1.82, 2.24) is 14.9 Å². The Kier molecular flexibility index (Phi) is 7.87. The second-order valence-electron chi connectivity index (χ2n) is 9.23. The van der Waals surface area contributed by atoms with E-state index in [2.05, 4.69) is 14.9 Å². The second-order valence-corrected chi connectivity index (χ2v) is 9.23. The highest BCUT2D eigenvalue weighted by Crippen LogP contribution is 2.40. The van der Waals surface area contributed by atoms with Gasteiger partial charge in [-0.2, -0.15) is 0 Å². The number of aromatic nitrogens is 2. The third-order valence-electron chi connectivity index (χ3n) is 7.10. The average Bonchev–Trinajstić information content (AvgIpc) is 3.37. The van der Waals surface area contributed by atoms with Crippen LogP contribution in [0.15, 0.2) is 48.9 Å². The molecule has 1 aliphatic carbocycles. The lowest BCUT2D eigenvalue weighted by molar-refractivity contribution is -0.175. The molecule has 1 aromatic carbocycles. The van der Waals surface area contributed by atoms with Crippen molar-refractivity contribution in [1.29, 1.82) is 0 Å². The zero-order valence-electron chi connectivity index (χ0n) is 18.9. The summed E-state index contributed by atoms with van der Waals surface area (Å²) in [6.45, 7) is 3.36. The van der Waals surface area contributed by atoms with Crippen LogP contribution in [0, 0.1) is 5.92 Å². The summed E-state index contributed by atoms with van der Waals surface area (Å²) in [4.78, 5) is 24.5. The number of rotatable bonds is 9. The number of benzene rings is 1. The number of hydrogen-bond donors (Lipinski definition) is 1. The van der Waals surface area contributed by atoms with Crippen LogP contribution >= 0.6 is 0 Å². The molecule has 2 aliphatic rings. The maximum Gasteiger partial charge on any atom is 0.343 e. The third-order valence-corrected chi connectivity index (χ3v) is 7.10. The van der Waals surface area contributed by atoms with E-state index in [0.717, 1.165) is 57.4 Å². The van der Waals surface area contributed by atoms with Gasteiger partial charge >= 0.3 is 5.97 Å². The molecule has 1 aromatic heterocycles. The zero-order chi connectivity index (χ0) is 22.2. The highest BCUT2D eigenvalue weighted by Gasteiger charge is 2.47. The summed E-state index contributed by atoms with van der Waals surface area (Å²) in [6.07, 6.45) is 13.3. The Labute approximate surface area is 191 Å². The molecule has 0 spiro atoms. The average molecular weight is 438 g/mol. The van der Waals surface area contributed by atoms with Gasteiger partial charge in [0.05, 0.1) is 12.3 Å². The van der Waals surface area contributed by atoms with Crippen LogP contribution in [-0.2, 0) is 15.1 Å². The molecule has 1 saturated heterocycles. The van der Waals surface area contributed by atoms with Gasteiger partial charge in [-0.15, -0.1) is 0 Å². The van der Waals surface area contributed by atoms with Crippen molar-refractivity contribution in [2.45, 2.75) is 62.9 Å². The van der Waals surface area contributed by atoms with Crippen molar-refractivity contribution in [2.24, 2.45) is 5.92 Å².